The standard InChI is InChI=1S/C34H56N6O7S/c1-33(2,3)24(19-39-15-10-16-48(39,46)47)37-32(45)38-26(21-13-7-6-8-14-21)31(44)40-18-22-25(34(22,4)5)27(40)30(43)36-23(28(41)29(35)42)17-20-11-9-12-20/h20-27H,6-19H2,1-5H3,(H2,35,42)(H,36,43)(H2,37,38,45)/t22-,23?,24+,25-,26-,27-/m0/s1. The van der Waals surface area contributed by atoms with Crippen LogP contribution >= 0.6 is 0 Å². The van der Waals surface area contributed by atoms with Crippen LogP contribution in [0.5, 0.6) is 0 Å². The van der Waals surface area contributed by atoms with E-state index in [-0.39, 0.29) is 47.3 Å². The second kappa shape index (κ2) is 13.9. The van der Waals surface area contributed by atoms with Gasteiger partial charge in [-0.3, -0.25) is 19.2 Å². The zero-order chi connectivity index (χ0) is 35.2. The largest absolute Gasteiger partial charge is 0.363 e. The zero-order valence-corrected chi connectivity index (χ0v) is 30.1. The Morgan fingerprint density at radius 1 is 0.917 bits per heavy atom. The third-order valence-corrected chi connectivity index (χ3v) is 14.0. The molecule has 270 valence electrons. The SMILES string of the molecule is CC(C)(C)[C@@H](CN1CCCS1(=O)=O)NC(=O)N[C@H](C(=O)N1C[C@H]2[C@@H]([C@H]1C(=O)NC(CC1CCC1)C(=O)C(N)=O)C2(C)C)C1CCCCC1. The number of likely N-dealkylation sites (tertiary alicyclic amines) is 1. The van der Waals surface area contributed by atoms with Crippen molar-refractivity contribution >= 4 is 39.6 Å². The molecular weight excluding hydrogens is 636 g/mol. The van der Waals surface area contributed by atoms with Crippen molar-refractivity contribution in [3.05, 3.63) is 0 Å². The van der Waals surface area contributed by atoms with Crippen molar-refractivity contribution in [1.82, 2.24) is 25.2 Å². The predicted molar refractivity (Wildman–Crippen MR) is 180 cm³/mol. The summed E-state index contributed by atoms with van der Waals surface area (Å²) in [5.74, 6) is -2.55. The van der Waals surface area contributed by atoms with Gasteiger partial charge in [0.25, 0.3) is 5.91 Å². The first kappa shape index (κ1) is 36.5. The molecule has 6 atom stereocenters. The van der Waals surface area contributed by atoms with E-state index in [4.69, 9.17) is 5.73 Å². The van der Waals surface area contributed by atoms with Gasteiger partial charge in [-0.2, -0.15) is 4.31 Å². The Kier molecular flexibility index (Phi) is 10.6. The number of carbonyl (C=O) groups is 5. The maximum absolute atomic E-state index is 14.6. The number of ketones is 1. The van der Waals surface area contributed by atoms with Crippen LogP contribution in [0.25, 0.3) is 0 Å². The molecule has 2 saturated heterocycles. The summed E-state index contributed by atoms with van der Waals surface area (Å²) >= 11 is 0. The zero-order valence-electron chi connectivity index (χ0n) is 29.3. The molecule has 5 rings (SSSR count). The van der Waals surface area contributed by atoms with Gasteiger partial charge in [0.2, 0.25) is 27.6 Å². The van der Waals surface area contributed by atoms with Crippen LogP contribution in [-0.2, 0) is 29.2 Å². The van der Waals surface area contributed by atoms with Crippen molar-refractivity contribution in [1.29, 1.82) is 0 Å². The van der Waals surface area contributed by atoms with Gasteiger partial charge in [-0.05, 0) is 60.2 Å². The molecule has 0 aromatic carbocycles. The lowest BCUT2D eigenvalue weighted by molar-refractivity contribution is -0.144. The van der Waals surface area contributed by atoms with E-state index < -0.39 is 63.2 Å². The van der Waals surface area contributed by atoms with Gasteiger partial charge in [-0.25, -0.2) is 13.2 Å². The van der Waals surface area contributed by atoms with Crippen molar-refractivity contribution in [2.24, 2.45) is 40.2 Å². The summed E-state index contributed by atoms with van der Waals surface area (Å²) in [6, 6.07) is -3.82. The van der Waals surface area contributed by atoms with Gasteiger partial charge < -0.3 is 26.6 Å². The summed E-state index contributed by atoms with van der Waals surface area (Å²) in [4.78, 5) is 68.6. The first-order valence-corrected chi connectivity index (χ1v) is 19.5. The van der Waals surface area contributed by atoms with Crippen LogP contribution < -0.4 is 21.7 Å². The fourth-order valence-electron chi connectivity index (χ4n) is 8.54. The number of piperidine rings is 1. The normalized spacial score (nSPS) is 28.8. The number of nitrogens with two attached hydrogens (primary N) is 1. The summed E-state index contributed by atoms with van der Waals surface area (Å²) in [5.41, 5.74) is 4.71. The van der Waals surface area contributed by atoms with Crippen LogP contribution in [0, 0.1) is 34.5 Å². The van der Waals surface area contributed by atoms with Gasteiger partial charge in [-0.15, -0.1) is 0 Å². The quantitative estimate of drug-likeness (QED) is 0.225. The smallest absolute Gasteiger partial charge is 0.315 e. The Balaban J connectivity index is 1.35. The Hall–Kier alpha value is -2.74. The Bertz CT molecular complexity index is 1380. The van der Waals surface area contributed by atoms with E-state index >= 15 is 0 Å². The average Bonchev–Trinajstić information content (AvgIpc) is 3.28. The summed E-state index contributed by atoms with van der Waals surface area (Å²) in [6.07, 6.45) is 8.17. The van der Waals surface area contributed by atoms with Crippen molar-refractivity contribution in [3.8, 4) is 0 Å². The number of carbonyl (C=O) groups excluding carboxylic acids is 5. The van der Waals surface area contributed by atoms with E-state index in [1.807, 2.05) is 20.8 Å². The lowest BCUT2D eigenvalue weighted by Crippen LogP contribution is -2.61. The molecule has 5 N–H and O–H groups in total. The Morgan fingerprint density at radius 3 is 2.12 bits per heavy atom. The van der Waals surface area contributed by atoms with Crippen molar-refractivity contribution in [2.45, 2.75) is 123 Å². The van der Waals surface area contributed by atoms with Crippen molar-refractivity contribution in [3.63, 3.8) is 0 Å². The Labute approximate surface area is 285 Å². The molecule has 48 heavy (non-hydrogen) atoms. The van der Waals surface area contributed by atoms with Crippen LogP contribution in [0.3, 0.4) is 0 Å². The number of amides is 5. The highest BCUT2D eigenvalue weighted by molar-refractivity contribution is 7.89. The number of sulfonamides is 1. The number of urea groups is 1. The van der Waals surface area contributed by atoms with E-state index in [0.29, 0.717) is 25.9 Å². The van der Waals surface area contributed by atoms with E-state index in [9.17, 15) is 32.4 Å². The van der Waals surface area contributed by atoms with Gasteiger partial charge in [0.05, 0.1) is 11.8 Å². The number of hydrogen-bond donors (Lipinski definition) is 4. The summed E-state index contributed by atoms with van der Waals surface area (Å²) in [5, 5.41) is 8.80. The highest BCUT2D eigenvalue weighted by Crippen LogP contribution is 2.65. The fraction of sp³-hybridized carbons (Fsp3) is 0.853. The van der Waals surface area contributed by atoms with E-state index in [1.54, 1.807) is 4.90 Å². The van der Waals surface area contributed by atoms with E-state index in [2.05, 4.69) is 29.8 Å². The number of Topliss-reactive ketones (excluding diaryl/α,β-unsaturated/α-hetero) is 1. The summed E-state index contributed by atoms with van der Waals surface area (Å²) < 4.78 is 26.6. The molecule has 13 nitrogen and oxygen atoms in total. The second-order valence-electron chi connectivity index (χ2n) is 16.7. The van der Waals surface area contributed by atoms with Crippen LogP contribution in [-0.4, -0.2) is 96.7 Å². The number of nitrogens with one attached hydrogen (secondary N) is 3. The van der Waals surface area contributed by atoms with Gasteiger partial charge >= 0.3 is 6.03 Å². The first-order chi connectivity index (χ1) is 22.4. The van der Waals surface area contributed by atoms with E-state index in [0.717, 1.165) is 51.4 Å². The molecule has 5 fully saturated rings. The Morgan fingerprint density at radius 2 is 1.58 bits per heavy atom. The number of hydrogen-bond acceptors (Lipinski definition) is 7. The van der Waals surface area contributed by atoms with Gasteiger partial charge in [0.1, 0.15) is 12.1 Å². The fourth-order valence-corrected chi connectivity index (χ4v) is 10.1. The number of primary amides is 1. The molecule has 0 bridgehead atoms. The predicted octanol–water partition coefficient (Wildman–Crippen LogP) is 1.90. The number of nitrogens with zero attached hydrogens (tertiary/aromatic N) is 2. The molecule has 0 radical (unpaired) electrons. The van der Waals surface area contributed by atoms with Gasteiger partial charge in [0.15, 0.2) is 0 Å². The molecule has 5 aliphatic rings. The first-order valence-electron chi connectivity index (χ1n) is 17.9. The van der Waals surface area contributed by atoms with Crippen molar-refractivity contribution < 1.29 is 32.4 Å². The monoisotopic (exact) mass is 692 g/mol. The van der Waals surface area contributed by atoms with Crippen LogP contribution in [0.2, 0.25) is 0 Å². The van der Waals surface area contributed by atoms with Gasteiger partial charge in [-0.1, -0.05) is 73.1 Å². The molecule has 3 saturated carbocycles. The minimum Gasteiger partial charge on any atom is -0.363 e. The maximum atomic E-state index is 14.6. The molecule has 14 heteroatoms. The number of rotatable bonds is 12. The molecule has 0 aromatic heterocycles. The van der Waals surface area contributed by atoms with Crippen LogP contribution in [0.1, 0.15) is 98.8 Å². The topological polar surface area (TPSA) is 188 Å². The third-order valence-electron chi connectivity index (χ3n) is 12.0. The van der Waals surface area contributed by atoms with Gasteiger partial charge in [0, 0.05) is 25.7 Å². The maximum Gasteiger partial charge on any atom is 0.315 e. The minimum absolute atomic E-state index is 0.0858. The minimum atomic E-state index is -3.38. The molecule has 2 heterocycles. The van der Waals surface area contributed by atoms with Crippen LogP contribution in [0.4, 0.5) is 4.79 Å². The summed E-state index contributed by atoms with van der Waals surface area (Å²) in [7, 11) is -3.38. The third kappa shape index (κ3) is 7.69. The van der Waals surface area contributed by atoms with Crippen LogP contribution in [0.15, 0.2) is 0 Å². The molecule has 3 aliphatic carbocycles. The number of fused-ring (bicyclic) bond motifs is 1. The highest BCUT2D eigenvalue weighted by Gasteiger charge is 2.69. The van der Waals surface area contributed by atoms with E-state index in [1.165, 1.54) is 4.31 Å². The molecule has 1 unspecified atom stereocenters. The lowest BCUT2D eigenvalue weighted by Gasteiger charge is -2.38. The molecular formula is C34H56N6O7S. The summed E-state index contributed by atoms with van der Waals surface area (Å²) in [6.45, 7) is 10.9. The highest BCUT2D eigenvalue weighted by atomic mass is 32.2. The molecule has 5 amide bonds. The van der Waals surface area contributed by atoms with Crippen molar-refractivity contribution in [2.75, 3.05) is 25.4 Å². The molecule has 2 aliphatic heterocycles. The average molecular weight is 693 g/mol. The molecule has 0 aromatic rings. The molecule has 0 spiro atoms. The second-order valence-corrected chi connectivity index (χ2v) is 18.7. The lowest BCUT2D eigenvalue weighted by atomic mass is 9.80.